The monoisotopic (exact) mass is 280 g/mol. The summed E-state index contributed by atoms with van der Waals surface area (Å²) in [5, 5.41) is 16.4. The standard InChI is InChI=1S/C17H16N2O2/c1-13-12-17(21,15-10-6-3-7-11-15)19(18-13)16(20)14-8-4-2-5-9-14/h2-11,21H,12H2,1H3/t17-/m0/s1. The molecule has 21 heavy (non-hydrogen) atoms. The molecule has 3 rings (SSSR count). The van der Waals surface area contributed by atoms with E-state index in [0.29, 0.717) is 17.5 Å². The summed E-state index contributed by atoms with van der Waals surface area (Å²) in [7, 11) is 0. The van der Waals surface area contributed by atoms with Gasteiger partial charge in [-0.2, -0.15) is 10.1 Å². The van der Waals surface area contributed by atoms with Gasteiger partial charge in [0.15, 0.2) is 5.72 Å². The van der Waals surface area contributed by atoms with Crippen LogP contribution in [0.25, 0.3) is 0 Å². The lowest BCUT2D eigenvalue weighted by Crippen LogP contribution is -2.43. The van der Waals surface area contributed by atoms with Crippen LogP contribution in [0.15, 0.2) is 65.8 Å². The van der Waals surface area contributed by atoms with Crippen LogP contribution in [0.1, 0.15) is 29.3 Å². The lowest BCUT2D eigenvalue weighted by atomic mass is 9.97. The van der Waals surface area contributed by atoms with Crippen molar-refractivity contribution in [2.75, 3.05) is 0 Å². The summed E-state index contributed by atoms with van der Waals surface area (Å²) < 4.78 is 0. The van der Waals surface area contributed by atoms with Gasteiger partial charge in [0.1, 0.15) is 0 Å². The molecule has 1 amide bonds. The first-order valence-corrected chi connectivity index (χ1v) is 6.83. The van der Waals surface area contributed by atoms with Crippen molar-refractivity contribution >= 4 is 11.6 Å². The van der Waals surface area contributed by atoms with Gasteiger partial charge >= 0.3 is 0 Å². The SMILES string of the molecule is CC1=NN(C(=O)c2ccccc2)[C@@](O)(c2ccccc2)C1. The summed E-state index contributed by atoms with van der Waals surface area (Å²) in [5.74, 6) is -0.307. The molecule has 2 aromatic carbocycles. The highest BCUT2D eigenvalue weighted by Crippen LogP contribution is 2.36. The zero-order chi connectivity index (χ0) is 14.9. The topological polar surface area (TPSA) is 52.9 Å². The third kappa shape index (κ3) is 2.34. The fourth-order valence-corrected chi connectivity index (χ4v) is 2.57. The minimum absolute atomic E-state index is 0.307. The second-order valence-electron chi connectivity index (χ2n) is 5.18. The second-order valence-corrected chi connectivity index (χ2v) is 5.18. The molecule has 4 heteroatoms. The van der Waals surface area contributed by atoms with Gasteiger partial charge in [-0.25, -0.2) is 0 Å². The highest BCUT2D eigenvalue weighted by Gasteiger charge is 2.44. The minimum Gasteiger partial charge on any atom is -0.365 e. The summed E-state index contributed by atoms with van der Waals surface area (Å²) in [4.78, 5) is 12.6. The van der Waals surface area contributed by atoms with Crippen LogP contribution in [0.4, 0.5) is 0 Å². The Morgan fingerprint density at radius 1 is 1.10 bits per heavy atom. The van der Waals surface area contributed by atoms with E-state index in [1.54, 1.807) is 36.4 Å². The molecule has 0 aromatic heterocycles. The van der Waals surface area contributed by atoms with E-state index in [1.807, 2.05) is 31.2 Å². The molecule has 1 atom stereocenters. The number of nitrogens with zero attached hydrogens (tertiary/aromatic N) is 2. The molecule has 0 unspecified atom stereocenters. The number of hydrogen-bond donors (Lipinski definition) is 1. The molecule has 1 aliphatic heterocycles. The number of aliphatic hydroxyl groups is 1. The summed E-state index contributed by atoms with van der Waals surface area (Å²) in [6.07, 6.45) is 0.315. The van der Waals surface area contributed by atoms with Gasteiger partial charge in [-0.1, -0.05) is 48.5 Å². The van der Waals surface area contributed by atoms with Gasteiger partial charge in [0.05, 0.1) is 0 Å². The smallest absolute Gasteiger partial charge is 0.276 e. The van der Waals surface area contributed by atoms with Gasteiger partial charge in [0.2, 0.25) is 0 Å². The Hall–Kier alpha value is -2.46. The highest BCUT2D eigenvalue weighted by molar-refractivity contribution is 5.97. The maximum Gasteiger partial charge on any atom is 0.276 e. The summed E-state index contributed by atoms with van der Waals surface area (Å²) in [5.41, 5.74) is 0.476. The van der Waals surface area contributed by atoms with E-state index in [-0.39, 0.29) is 5.91 Å². The van der Waals surface area contributed by atoms with Crippen LogP contribution in [-0.4, -0.2) is 21.7 Å². The van der Waals surface area contributed by atoms with E-state index in [4.69, 9.17) is 0 Å². The first-order valence-electron chi connectivity index (χ1n) is 6.83. The molecule has 0 saturated carbocycles. The number of carbonyl (C=O) groups is 1. The zero-order valence-corrected chi connectivity index (χ0v) is 11.7. The summed E-state index contributed by atoms with van der Waals surface area (Å²) in [6, 6.07) is 18.0. The maximum atomic E-state index is 12.6. The third-order valence-corrected chi connectivity index (χ3v) is 3.57. The number of benzene rings is 2. The molecule has 0 saturated heterocycles. The van der Waals surface area contributed by atoms with Gasteiger partial charge in [-0.15, -0.1) is 0 Å². The number of amides is 1. The van der Waals surface area contributed by atoms with Crippen molar-refractivity contribution in [1.29, 1.82) is 0 Å². The second kappa shape index (κ2) is 5.14. The Balaban J connectivity index is 2.01. The van der Waals surface area contributed by atoms with E-state index in [9.17, 15) is 9.90 Å². The molecule has 4 nitrogen and oxygen atoms in total. The van der Waals surface area contributed by atoms with Crippen molar-refractivity contribution in [3.05, 3.63) is 71.8 Å². The van der Waals surface area contributed by atoms with Gasteiger partial charge in [0, 0.05) is 23.3 Å². The number of rotatable bonds is 2. The van der Waals surface area contributed by atoms with Crippen LogP contribution in [0.3, 0.4) is 0 Å². The van der Waals surface area contributed by atoms with Crippen molar-refractivity contribution in [3.63, 3.8) is 0 Å². The van der Waals surface area contributed by atoms with Gasteiger partial charge in [-0.3, -0.25) is 4.79 Å². The van der Waals surface area contributed by atoms with E-state index >= 15 is 0 Å². The first-order chi connectivity index (χ1) is 10.1. The maximum absolute atomic E-state index is 12.6. The Bertz CT molecular complexity index is 682. The lowest BCUT2D eigenvalue weighted by Gasteiger charge is -2.31. The van der Waals surface area contributed by atoms with Gasteiger partial charge in [0.25, 0.3) is 5.91 Å². The molecule has 1 N–H and O–H groups in total. The zero-order valence-electron chi connectivity index (χ0n) is 11.7. The largest absolute Gasteiger partial charge is 0.365 e. The van der Waals surface area contributed by atoms with Gasteiger partial charge in [-0.05, 0) is 19.1 Å². The molecule has 2 aromatic rings. The minimum atomic E-state index is -1.42. The summed E-state index contributed by atoms with van der Waals surface area (Å²) >= 11 is 0. The quantitative estimate of drug-likeness (QED) is 0.919. The Labute approximate surface area is 123 Å². The molecule has 106 valence electrons. The van der Waals surface area contributed by atoms with E-state index < -0.39 is 5.72 Å². The third-order valence-electron chi connectivity index (χ3n) is 3.57. The van der Waals surface area contributed by atoms with Crippen LogP contribution in [-0.2, 0) is 5.72 Å². The molecular weight excluding hydrogens is 264 g/mol. The Morgan fingerprint density at radius 2 is 1.67 bits per heavy atom. The van der Waals surface area contributed by atoms with Crippen molar-refractivity contribution < 1.29 is 9.90 Å². The fraction of sp³-hybridized carbons (Fsp3) is 0.176. The fourth-order valence-electron chi connectivity index (χ4n) is 2.57. The van der Waals surface area contributed by atoms with Crippen LogP contribution in [0.2, 0.25) is 0 Å². The Kier molecular flexibility index (Phi) is 3.31. The van der Waals surface area contributed by atoms with E-state index in [0.717, 1.165) is 5.71 Å². The Morgan fingerprint density at radius 3 is 2.29 bits per heavy atom. The molecular formula is C17H16N2O2. The normalized spacial score (nSPS) is 21.2. The molecule has 0 bridgehead atoms. The lowest BCUT2D eigenvalue weighted by molar-refractivity contribution is -0.0765. The van der Waals surface area contributed by atoms with Crippen LogP contribution >= 0.6 is 0 Å². The molecule has 1 aliphatic rings. The molecule has 0 aliphatic carbocycles. The van der Waals surface area contributed by atoms with E-state index in [1.165, 1.54) is 5.01 Å². The predicted molar refractivity (Wildman–Crippen MR) is 80.7 cm³/mol. The average molecular weight is 280 g/mol. The molecule has 0 radical (unpaired) electrons. The number of hydrogen-bond acceptors (Lipinski definition) is 3. The van der Waals surface area contributed by atoms with Crippen molar-refractivity contribution in [2.24, 2.45) is 5.10 Å². The predicted octanol–water partition coefficient (Wildman–Crippen LogP) is 2.75. The van der Waals surface area contributed by atoms with Crippen molar-refractivity contribution in [3.8, 4) is 0 Å². The first kappa shape index (κ1) is 13.5. The van der Waals surface area contributed by atoms with Crippen molar-refractivity contribution in [2.45, 2.75) is 19.1 Å². The van der Waals surface area contributed by atoms with Crippen LogP contribution in [0.5, 0.6) is 0 Å². The van der Waals surface area contributed by atoms with Crippen molar-refractivity contribution in [1.82, 2.24) is 5.01 Å². The molecule has 1 heterocycles. The van der Waals surface area contributed by atoms with Crippen LogP contribution < -0.4 is 0 Å². The number of hydrazone groups is 1. The molecule has 0 spiro atoms. The van der Waals surface area contributed by atoms with Crippen LogP contribution in [0, 0.1) is 0 Å². The average Bonchev–Trinajstić information content (AvgIpc) is 2.84. The summed E-state index contributed by atoms with van der Waals surface area (Å²) in [6.45, 7) is 1.81. The van der Waals surface area contributed by atoms with Gasteiger partial charge < -0.3 is 5.11 Å². The van der Waals surface area contributed by atoms with E-state index in [2.05, 4.69) is 5.10 Å². The number of carbonyl (C=O) groups excluding carboxylic acids is 1. The highest BCUT2D eigenvalue weighted by atomic mass is 16.3. The molecule has 0 fully saturated rings.